The molecule has 0 amide bonds. The number of fused-ring (bicyclic) bond motifs is 1. The molecular weight excluding hydrogens is 188 g/mol. The van der Waals surface area contributed by atoms with Gasteiger partial charge >= 0.3 is 5.17 Å². The quantitative estimate of drug-likeness (QED) is 0.438. The predicted octanol–water partition coefficient (Wildman–Crippen LogP) is 0.727. The minimum absolute atomic E-state index is 0.230. The number of quaternary nitrogens is 1. The molecule has 2 rings (SSSR count). The van der Waals surface area contributed by atoms with Crippen LogP contribution < -0.4 is 0 Å². The monoisotopic (exact) mass is 193 g/mol. The Bertz CT molecular complexity index is 226. The fourth-order valence-electron chi connectivity index (χ4n) is 0.781. The molecule has 2 heterocycles. The van der Waals surface area contributed by atoms with Gasteiger partial charge < -0.3 is 0 Å². The molecule has 0 aromatic carbocycles. The topological polar surface area (TPSA) is 28.0 Å². The average molecular weight is 193 g/mol. The third-order valence-electron chi connectivity index (χ3n) is 1.23. The molecule has 2 aliphatic heterocycles. The molecule has 10 heavy (non-hydrogen) atoms. The Kier molecular flexibility index (Phi) is 1.41. The molecule has 0 spiro atoms. The maximum atomic E-state index is 4.30. The van der Waals surface area contributed by atoms with E-state index in [1.165, 1.54) is 16.2 Å². The number of nitrogens with zero attached hydrogens (tertiary/aromatic N) is 4. The molecule has 2 aliphatic rings. The second-order valence-corrected chi connectivity index (χ2v) is 3.90. The lowest BCUT2D eigenvalue weighted by Crippen LogP contribution is -2.32. The van der Waals surface area contributed by atoms with Crippen LogP contribution in [0.25, 0.3) is 0 Å². The van der Waals surface area contributed by atoms with Crippen LogP contribution >= 0.6 is 37.4 Å². The summed E-state index contributed by atoms with van der Waals surface area (Å²) in [6.45, 7) is 0.588. The van der Waals surface area contributed by atoms with Gasteiger partial charge in [0.15, 0.2) is 0 Å². The summed E-state index contributed by atoms with van der Waals surface area (Å²) in [6.07, 6.45) is 0. The molecule has 1 atom stereocenters. The Hall–Kier alpha value is 0.150. The fraction of sp³-hybridized carbons (Fsp3) is 0.333. The normalized spacial score (nSPS) is 36.6. The Labute approximate surface area is 73.6 Å². The summed E-state index contributed by atoms with van der Waals surface area (Å²) in [5.74, 6) is 0. The number of amidine groups is 1. The minimum Gasteiger partial charge on any atom is -0.181 e. The molecule has 0 fully saturated rings. The van der Waals surface area contributed by atoms with Crippen LogP contribution in [-0.4, -0.2) is 25.8 Å². The second kappa shape index (κ2) is 2.07. The van der Waals surface area contributed by atoms with Crippen LogP contribution in [0.15, 0.2) is 10.2 Å². The number of rotatable bonds is 0. The van der Waals surface area contributed by atoms with Crippen LogP contribution in [0.1, 0.15) is 0 Å². The van der Waals surface area contributed by atoms with Gasteiger partial charge in [0.25, 0.3) is 0 Å². The van der Waals surface area contributed by atoms with Crippen molar-refractivity contribution in [2.75, 3.05) is 6.67 Å². The van der Waals surface area contributed by atoms with Crippen LogP contribution in [0.5, 0.6) is 0 Å². The van der Waals surface area contributed by atoms with Crippen LogP contribution in [0, 0.1) is 0 Å². The van der Waals surface area contributed by atoms with Crippen molar-refractivity contribution in [3.05, 3.63) is 0 Å². The summed E-state index contributed by atoms with van der Waals surface area (Å²) in [6, 6.07) is 0. The van der Waals surface area contributed by atoms with Gasteiger partial charge in [0.05, 0.1) is 12.8 Å². The van der Waals surface area contributed by atoms with E-state index in [0.717, 1.165) is 5.17 Å². The molecular formula is C3H5N4S3+. The van der Waals surface area contributed by atoms with E-state index in [2.05, 4.69) is 35.8 Å². The highest BCUT2D eigenvalue weighted by molar-refractivity contribution is 8.25. The zero-order chi connectivity index (χ0) is 7.19. The third-order valence-corrected chi connectivity index (χ3v) is 2.79. The van der Waals surface area contributed by atoms with Gasteiger partial charge in [-0.3, -0.25) is 0 Å². The zero-order valence-electron chi connectivity index (χ0n) is 4.88. The Morgan fingerprint density at radius 1 is 1.80 bits per heavy atom. The largest absolute Gasteiger partial charge is 0.327 e. The molecule has 1 unspecified atom stereocenters. The first-order valence-corrected chi connectivity index (χ1v) is 4.26. The van der Waals surface area contributed by atoms with Crippen molar-refractivity contribution < 1.29 is 4.00 Å². The van der Waals surface area contributed by atoms with E-state index < -0.39 is 0 Å². The van der Waals surface area contributed by atoms with Gasteiger partial charge in [-0.1, -0.05) is 14.2 Å². The Morgan fingerprint density at radius 2 is 2.60 bits per heavy atom. The van der Waals surface area contributed by atoms with Gasteiger partial charge in [0.2, 0.25) is 6.67 Å². The molecule has 54 valence electrons. The van der Waals surface area contributed by atoms with E-state index >= 15 is 0 Å². The molecule has 0 radical (unpaired) electrons. The Morgan fingerprint density at radius 3 is 3.30 bits per heavy atom. The number of thiol groups is 2. The van der Waals surface area contributed by atoms with Crippen LogP contribution in [0.3, 0.4) is 0 Å². The molecule has 0 N–H and O–H groups in total. The molecule has 0 saturated carbocycles. The molecule has 0 aromatic heterocycles. The second-order valence-electron chi connectivity index (χ2n) is 1.97. The molecule has 0 aliphatic carbocycles. The Balaban J connectivity index is 2.35. The summed E-state index contributed by atoms with van der Waals surface area (Å²) in [5.41, 5.74) is 1.74. The lowest BCUT2D eigenvalue weighted by atomic mass is 11.0. The first-order valence-electron chi connectivity index (χ1n) is 2.58. The van der Waals surface area contributed by atoms with Crippen molar-refractivity contribution >= 4 is 48.1 Å². The summed E-state index contributed by atoms with van der Waals surface area (Å²) in [4.78, 5) is 0. The highest BCUT2D eigenvalue weighted by Crippen LogP contribution is 2.33. The third kappa shape index (κ3) is 0.849. The highest BCUT2D eigenvalue weighted by Gasteiger charge is 2.44. The fourth-order valence-corrected chi connectivity index (χ4v) is 2.35. The van der Waals surface area contributed by atoms with Gasteiger partial charge in [-0.2, -0.15) is 4.41 Å². The molecule has 0 aromatic rings. The van der Waals surface area contributed by atoms with Crippen molar-refractivity contribution in [3.8, 4) is 0 Å². The number of hydrogen-bond acceptors (Lipinski definition) is 6. The highest BCUT2D eigenvalue weighted by atomic mass is 32.2. The van der Waals surface area contributed by atoms with Gasteiger partial charge in [-0.15, -0.1) is 0 Å². The van der Waals surface area contributed by atoms with E-state index in [0.29, 0.717) is 6.67 Å². The van der Waals surface area contributed by atoms with Crippen LogP contribution in [0.2, 0.25) is 0 Å². The van der Waals surface area contributed by atoms with Crippen molar-refractivity contribution in [1.29, 1.82) is 0 Å². The smallest absolute Gasteiger partial charge is 0.181 e. The van der Waals surface area contributed by atoms with Gasteiger partial charge in [0, 0.05) is 11.8 Å². The molecule has 4 nitrogen and oxygen atoms in total. The molecule has 0 saturated heterocycles. The van der Waals surface area contributed by atoms with Gasteiger partial charge in [-0.25, -0.2) is 0 Å². The number of hydrogen-bond donors (Lipinski definition) is 2. The maximum absolute atomic E-state index is 4.30. The number of hydrazone groups is 1. The summed E-state index contributed by atoms with van der Waals surface area (Å²) < 4.78 is 1.76. The minimum atomic E-state index is 0.230. The first-order chi connectivity index (χ1) is 4.71. The first kappa shape index (κ1) is 6.84. The summed E-state index contributed by atoms with van der Waals surface area (Å²) in [5, 5.41) is 9.03. The van der Waals surface area contributed by atoms with Crippen molar-refractivity contribution in [3.63, 3.8) is 0 Å². The van der Waals surface area contributed by atoms with E-state index in [4.69, 9.17) is 0 Å². The van der Waals surface area contributed by atoms with Crippen molar-refractivity contribution in [1.82, 2.24) is 4.41 Å². The van der Waals surface area contributed by atoms with E-state index in [9.17, 15) is 0 Å². The van der Waals surface area contributed by atoms with Crippen molar-refractivity contribution in [2.24, 2.45) is 10.2 Å². The van der Waals surface area contributed by atoms with E-state index in [1.54, 1.807) is 5.55 Å². The standard InChI is InChI=1S/C3H5N4S3/c8-6-2-7(9)3(5-6)10-1-4-7/h1,8-9H,2H2/q+1. The zero-order valence-corrected chi connectivity index (χ0v) is 7.48. The average Bonchev–Trinajstić information content (AvgIpc) is 2.20. The van der Waals surface area contributed by atoms with Crippen LogP contribution in [-0.2, 0) is 0 Å². The van der Waals surface area contributed by atoms with Crippen LogP contribution in [0.4, 0.5) is 0 Å². The number of thioether (sulfide) groups is 1. The SMILES string of the molecule is SN1C[N+]2(S)N=CSC2=N1. The van der Waals surface area contributed by atoms with E-state index in [-0.39, 0.29) is 4.00 Å². The molecule has 0 bridgehead atoms. The lowest BCUT2D eigenvalue weighted by Gasteiger charge is -2.12. The van der Waals surface area contributed by atoms with Gasteiger partial charge in [0.1, 0.15) is 5.55 Å². The summed E-state index contributed by atoms with van der Waals surface area (Å²) >= 11 is 9.82. The maximum Gasteiger partial charge on any atom is 0.327 e. The molecule has 7 heteroatoms. The predicted molar refractivity (Wildman–Crippen MR) is 48.5 cm³/mol. The van der Waals surface area contributed by atoms with Gasteiger partial charge in [-0.05, 0) is 12.8 Å². The van der Waals surface area contributed by atoms with E-state index in [1.807, 2.05) is 0 Å². The van der Waals surface area contributed by atoms with Crippen molar-refractivity contribution in [2.45, 2.75) is 0 Å². The lowest BCUT2D eigenvalue weighted by molar-refractivity contribution is -0.696. The summed E-state index contributed by atoms with van der Waals surface area (Å²) in [7, 11) is 0.